The normalized spacial score (nSPS) is 11.4. The first-order chi connectivity index (χ1) is 12.6. The molecular formula is C18H12N4O4. The summed E-state index contributed by atoms with van der Waals surface area (Å²) in [5.41, 5.74) is 1.31. The Hall–Kier alpha value is -3.94. The number of pyridine rings is 1. The number of hydrogen-bond donors (Lipinski definition) is 1. The van der Waals surface area contributed by atoms with Crippen LogP contribution in [0.15, 0.2) is 70.4 Å². The molecule has 0 amide bonds. The molecule has 0 aliphatic heterocycles. The van der Waals surface area contributed by atoms with Crippen LogP contribution in [0.5, 0.6) is 5.75 Å². The number of rotatable bonds is 4. The molecule has 0 aliphatic carbocycles. The molecule has 0 saturated heterocycles. The van der Waals surface area contributed by atoms with Gasteiger partial charge in [0.1, 0.15) is 11.4 Å². The molecule has 3 heterocycles. The summed E-state index contributed by atoms with van der Waals surface area (Å²) in [6.07, 6.45) is 4.71. The number of benzene rings is 1. The van der Waals surface area contributed by atoms with Crippen LogP contribution in [0.2, 0.25) is 0 Å². The highest BCUT2D eigenvalue weighted by Gasteiger charge is 2.15. The van der Waals surface area contributed by atoms with E-state index >= 15 is 0 Å². The molecule has 128 valence electrons. The maximum Gasteiger partial charge on any atom is 0.270 e. The molecule has 8 nitrogen and oxygen atoms in total. The Balaban J connectivity index is 1.85. The van der Waals surface area contributed by atoms with Crippen molar-refractivity contribution in [2.75, 3.05) is 0 Å². The fraction of sp³-hybridized carbons (Fsp3) is 0. The molecule has 0 unspecified atom stereocenters. The Labute approximate surface area is 146 Å². The summed E-state index contributed by atoms with van der Waals surface area (Å²) in [5, 5.41) is 20.9. The molecule has 3 aromatic heterocycles. The maximum absolute atomic E-state index is 10.9. The Morgan fingerprint density at radius 2 is 2.12 bits per heavy atom. The molecule has 1 N–H and O–H groups in total. The zero-order valence-corrected chi connectivity index (χ0v) is 13.3. The molecular weight excluding hydrogens is 336 g/mol. The number of furan rings is 1. The quantitative estimate of drug-likeness (QED) is 0.341. The number of aliphatic imine (C=N–C) groups is 1. The summed E-state index contributed by atoms with van der Waals surface area (Å²) in [5.74, 6) is 0.929. The largest absolute Gasteiger partial charge is 0.507 e. The van der Waals surface area contributed by atoms with E-state index in [9.17, 15) is 15.2 Å². The van der Waals surface area contributed by atoms with Crippen molar-refractivity contribution in [3.05, 3.63) is 76.7 Å². The third-order valence-electron chi connectivity index (χ3n) is 3.81. The van der Waals surface area contributed by atoms with Gasteiger partial charge in [-0.1, -0.05) is 6.07 Å². The number of aromatic hydroxyl groups is 1. The van der Waals surface area contributed by atoms with Crippen molar-refractivity contribution in [3.63, 3.8) is 0 Å². The van der Waals surface area contributed by atoms with Crippen molar-refractivity contribution in [3.8, 4) is 17.2 Å². The minimum Gasteiger partial charge on any atom is -0.507 e. The summed E-state index contributed by atoms with van der Waals surface area (Å²) in [6.45, 7) is 0. The first-order valence-corrected chi connectivity index (χ1v) is 7.66. The van der Waals surface area contributed by atoms with Gasteiger partial charge in [0.15, 0.2) is 17.3 Å². The van der Waals surface area contributed by atoms with Gasteiger partial charge in [-0.2, -0.15) is 0 Å². The molecule has 0 saturated carbocycles. The van der Waals surface area contributed by atoms with Crippen LogP contribution in [0.4, 0.5) is 11.5 Å². The van der Waals surface area contributed by atoms with Crippen LogP contribution in [0.25, 0.3) is 17.1 Å². The number of nitro benzene ring substituents is 1. The van der Waals surface area contributed by atoms with E-state index in [0.29, 0.717) is 22.9 Å². The topological polar surface area (TPSA) is 106 Å². The summed E-state index contributed by atoms with van der Waals surface area (Å²) >= 11 is 0. The second-order valence-electron chi connectivity index (χ2n) is 5.45. The lowest BCUT2D eigenvalue weighted by molar-refractivity contribution is -0.384. The second kappa shape index (κ2) is 6.17. The highest BCUT2D eigenvalue weighted by atomic mass is 16.6. The predicted molar refractivity (Wildman–Crippen MR) is 94.9 cm³/mol. The van der Waals surface area contributed by atoms with E-state index in [1.54, 1.807) is 29.0 Å². The highest BCUT2D eigenvalue weighted by Crippen LogP contribution is 2.31. The molecule has 0 fully saturated rings. The number of non-ortho nitro benzene ring substituents is 1. The average Bonchev–Trinajstić information content (AvgIpc) is 3.28. The van der Waals surface area contributed by atoms with Gasteiger partial charge in [-0.15, -0.1) is 0 Å². The lowest BCUT2D eigenvalue weighted by Crippen LogP contribution is -1.91. The lowest BCUT2D eigenvalue weighted by atomic mass is 10.2. The smallest absolute Gasteiger partial charge is 0.270 e. The van der Waals surface area contributed by atoms with Gasteiger partial charge in [0.05, 0.1) is 11.2 Å². The van der Waals surface area contributed by atoms with E-state index in [1.807, 2.05) is 18.2 Å². The van der Waals surface area contributed by atoms with Crippen molar-refractivity contribution in [1.82, 2.24) is 9.38 Å². The van der Waals surface area contributed by atoms with Crippen molar-refractivity contribution in [1.29, 1.82) is 0 Å². The number of nitro groups is 1. The maximum atomic E-state index is 10.9. The van der Waals surface area contributed by atoms with Gasteiger partial charge in [0, 0.05) is 30.1 Å². The van der Waals surface area contributed by atoms with Crippen LogP contribution in [0.1, 0.15) is 5.56 Å². The van der Waals surface area contributed by atoms with Crippen LogP contribution in [0, 0.1) is 10.1 Å². The SMILES string of the molecule is O=[N+]([O-])c1ccc(O)c(C=Nc2c(-c3ccco3)nc3ccccn23)c1. The molecule has 0 radical (unpaired) electrons. The third-order valence-corrected chi connectivity index (χ3v) is 3.81. The van der Waals surface area contributed by atoms with Gasteiger partial charge in [0.25, 0.3) is 5.69 Å². The molecule has 26 heavy (non-hydrogen) atoms. The number of aromatic nitrogens is 2. The molecule has 0 bridgehead atoms. The summed E-state index contributed by atoms with van der Waals surface area (Å²) < 4.78 is 7.19. The van der Waals surface area contributed by atoms with Crippen LogP contribution >= 0.6 is 0 Å². The van der Waals surface area contributed by atoms with E-state index < -0.39 is 4.92 Å². The van der Waals surface area contributed by atoms with Gasteiger partial charge < -0.3 is 9.52 Å². The standard InChI is InChI=1S/C18H12N4O4/c23-14-7-6-13(22(24)25)10-12(14)11-19-18-17(15-4-3-9-26-15)20-16-5-1-2-8-21(16)18/h1-11,23H. The van der Waals surface area contributed by atoms with Crippen molar-refractivity contribution >= 4 is 23.4 Å². The van der Waals surface area contributed by atoms with Gasteiger partial charge in [-0.25, -0.2) is 9.98 Å². The Bertz CT molecular complexity index is 1130. The number of fused-ring (bicyclic) bond motifs is 1. The Morgan fingerprint density at radius 1 is 1.23 bits per heavy atom. The summed E-state index contributed by atoms with van der Waals surface area (Å²) in [4.78, 5) is 19.3. The first-order valence-electron chi connectivity index (χ1n) is 7.66. The molecule has 4 aromatic rings. The van der Waals surface area contributed by atoms with Crippen LogP contribution in [-0.4, -0.2) is 25.6 Å². The highest BCUT2D eigenvalue weighted by molar-refractivity contribution is 5.88. The Kier molecular flexibility index (Phi) is 3.70. The van der Waals surface area contributed by atoms with Crippen molar-refractivity contribution < 1.29 is 14.4 Å². The minimum absolute atomic E-state index is 0.104. The number of hydrogen-bond acceptors (Lipinski definition) is 6. The van der Waals surface area contributed by atoms with Gasteiger partial charge in [0.2, 0.25) is 0 Å². The fourth-order valence-electron chi connectivity index (χ4n) is 2.57. The molecule has 0 aliphatic rings. The van der Waals surface area contributed by atoms with Gasteiger partial charge in [-0.05, 0) is 30.3 Å². The fourth-order valence-corrected chi connectivity index (χ4v) is 2.57. The number of phenols is 1. The van der Waals surface area contributed by atoms with Crippen LogP contribution in [0.3, 0.4) is 0 Å². The van der Waals surface area contributed by atoms with E-state index in [-0.39, 0.29) is 17.0 Å². The third kappa shape index (κ3) is 2.69. The first kappa shape index (κ1) is 15.6. The van der Waals surface area contributed by atoms with Crippen LogP contribution in [-0.2, 0) is 0 Å². The Morgan fingerprint density at radius 3 is 2.88 bits per heavy atom. The van der Waals surface area contributed by atoms with Crippen molar-refractivity contribution in [2.45, 2.75) is 0 Å². The molecule has 0 spiro atoms. The number of phenolic OH excluding ortho intramolecular Hbond substituents is 1. The predicted octanol–water partition coefficient (Wildman–Crippen LogP) is 3.96. The van der Waals surface area contributed by atoms with Gasteiger partial charge in [-0.3, -0.25) is 14.5 Å². The summed E-state index contributed by atoms with van der Waals surface area (Å²) in [7, 11) is 0. The van der Waals surface area contributed by atoms with Crippen molar-refractivity contribution in [2.24, 2.45) is 4.99 Å². The van der Waals surface area contributed by atoms with Gasteiger partial charge >= 0.3 is 0 Å². The van der Waals surface area contributed by atoms with E-state index in [1.165, 1.54) is 24.4 Å². The van der Waals surface area contributed by atoms with E-state index in [2.05, 4.69) is 9.98 Å². The van der Waals surface area contributed by atoms with Crippen LogP contribution < -0.4 is 0 Å². The monoisotopic (exact) mass is 348 g/mol. The second-order valence-corrected chi connectivity index (χ2v) is 5.45. The number of nitrogens with zero attached hydrogens (tertiary/aromatic N) is 4. The summed E-state index contributed by atoms with van der Waals surface area (Å²) in [6, 6.07) is 12.8. The lowest BCUT2D eigenvalue weighted by Gasteiger charge is -2.00. The zero-order valence-electron chi connectivity index (χ0n) is 13.3. The van der Waals surface area contributed by atoms with E-state index in [0.717, 1.165) is 0 Å². The molecule has 4 rings (SSSR count). The number of imidazole rings is 1. The molecule has 8 heteroatoms. The average molecular weight is 348 g/mol. The molecule has 0 atom stereocenters. The van der Waals surface area contributed by atoms with E-state index in [4.69, 9.17) is 4.42 Å². The zero-order chi connectivity index (χ0) is 18.1. The minimum atomic E-state index is -0.528. The molecule has 1 aromatic carbocycles.